The van der Waals surface area contributed by atoms with Gasteiger partial charge in [-0.2, -0.15) is 5.26 Å². The molecule has 1 heterocycles. The van der Waals surface area contributed by atoms with Gasteiger partial charge in [0.05, 0.1) is 26.6 Å². The molecule has 37 heavy (non-hydrogen) atoms. The van der Waals surface area contributed by atoms with Gasteiger partial charge in [-0.15, -0.1) is 11.3 Å². The van der Waals surface area contributed by atoms with E-state index in [0.717, 1.165) is 27.1 Å². The summed E-state index contributed by atoms with van der Waals surface area (Å²) >= 11 is 2.61. The summed E-state index contributed by atoms with van der Waals surface area (Å²) in [7, 11) is 0. The van der Waals surface area contributed by atoms with Gasteiger partial charge in [0.1, 0.15) is 17.4 Å². The summed E-state index contributed by atoms with van der Waals surface area (Å²) in [6.07, 6.45) is 1.34. The number of benzene rings is 3. The molecule has 0 saturated heterocycles. The van der Waals surface area contributed by atoms with Gasteiger partial charge in [0.25, 0.3) is 11.6 Å². The fourth-order valence-electron chi connectivity index (χ4n) is 3.46. The highest BCUT2D eigenvalue weighted by Crippen LogP contribution is 2.40. The van der Waals surface area contributed by atoms with Crippen LogP contribution < -0.4 is 10.1 Å². The number of anilines is 1. The Morgan fingerprint density at radius 1 is 1.19 bits per heavy atom. The summed E-state index contributed by atoms with van der Waals surface area (Å²) in [5.74, 6) is 0.153. The van der Waals surface area contributed by atoms with Crippen LogP contribution in [0.1, 0.15) is 23.6 Å². The number of rotatable bonds is 8. The Balaban J connectivity index is 1.58. The molecule has 0 unspecified atom stereocenters. The largest absolute Gasteiger partial charge is 0.494 e. The second-order valence-corrected chi connectivity index (χ2v) is 10.4. The monoisotopic (exact) mass is 530 g/mol. The molecule has 0 aliphatic carbocycles. The second-order valence-electron chi connectivity index (χ2n) is 8.05. The average Bonchev–Trinajstić information content (AvgIpc) is 3.27. The van der Waals surface area contributed by atoms with Crippen LogP contribution >= 0.6 is 23.1 Å². The Morgan fingerprint density at radius 3 is 2.70 bits per heavy atom. The van der Waals surface area contributed by atoms with Crippen LogP contribution in [0.15, 0.2) is 69.4 Å². The Hall–Kier alpha value is -4.20. The van der Waals surface area contributed by atoms with E-state index in [4.69, 9.17) is 4.74 Å². The molecule has 0 bridgehead atoms. The van der Waals surface area contributed by atoms with Gasteiger partial charge in [-0.05, 0) is 79.9 Å². The summed E-state index contributed by atoms with van der Waals surface area (Å²) in [6.45, 7) is 6.36. The molecule has 0 atom stereocenters. The van der Waals surface area contributed by atoms with Crippen LogP contribution in [-0.4, -0.2) is 22.4 Å². The van der Waals surface area contributed by atoms with Crippen molar-refractivity contribution in [2.45, 2.75) is 30.0 Å². The number of carbonyl (C=O) groups is 1. The topological polar surface area (TPSA) is 118 Å². The van der Waals surface area contributed by atoms with E-state index in [0.29, 0.717) is 27.1 Å². The molecule has 1 N–H and O–H groups in total. The maximum absolute atomic E-state index is 12.7. The molecule has 0 aliphatic rings. The molecule has 186 valence electrons. The minimum atomic E-state index is -0.590. The van der Waals surface area contributed by atoms with Gasteiger partial charge in [0, 0.05) is 11.8 Å². The molecule has 0 spiro atoms. The summed E-state index contributed by atoms with van der Waals surface area (Å²) in [6, 6.07) is 17.5. The van der Waals surface area contributed by atoms with Crippen molar-refractivity contribution in [2.75, 3.05) is 11.9 Å². The standard InChI is InChI=1S/C27H22N4O4S2/c1-4-35-21-8-9-22-25(14-21)37-27(30-22)36-24-10-6-18(13-23(24)31(33)34)12-19(15-28)26(32)29-20-7-5-16(2)17(3)11-20/h5-14H,4H2,1-3H3,(H,29,32)/b19-12+. The highest BCUT2D eigenvalue weighted by Gasteiger charge is 2.19. The number of nitro groups is 1. The van der Waals surface area contributed by atoms with E-state index in [9.17, 15) is 20.2 Å². The van der Waals surface area contributed by atoms with E-state index in [2.05, 4.69) is 10.3 Å². The zero-order chi connectivity index (χ0) is 26.5. The smallest absolute Gasteiger partial charge is 0.283 e. The van der Waals surface area contributed by atoms with Crippen LogP contribution in [0.3, 0.4) is 0 Å². The molecule has 1 aromatic heterocycles. The van der Waals surface area contributed by atoms with E-state index >= 15 is 0 Å². The Morgan fingerprint density at radius 2 is 2.00 bits per heavy atom. The van der Waals surface area contributed by atoms with Crippen molar-refractivity contribution >= 4 is 56.7 Å². The first-order valence-electron chi connectivity index (χ1n) is 11.3. The zero-order valence-electron chi connectivity index (χ0n) is 20.3. The number of hydrogen-bond acceptors (Lipinski definition) is 8. The number of amides is 1. The van der Waals surface area contributed by atoms with Crippen molar-refractivity contribution in [3.05, 3.63) is 87.0 Å². The SMILES string of the molecule is CCOc1ccc2nc(Sc3ccc(/C=C(\C#N)C(=O)Nc4ccc(C)c(C)c4)cc3[N+](=O)[O-])sc2c1. The van der Waals surface area contributed by atoms with E-state index in [-0.39, 0.29) is 11.3 Å². The molecule has 0 radical (unpaired) electrons. The molecular weight excluding hydrogens is 508 g/mol. The predicted octanol–water partition coefficient (Wildman–Crippen LogP) is 6.92. The maximum atomic E-state index is 12.7. The van der Waals surface area contributed by atoms with Crippen LogP contribution in [-0.2, 0) is 4.79 Å². The highest BCUT2D eigenvalue weighted by atomic mass is 32.2. The number of fused-ring (bicyclic) bond motifs is 1. The number of nitrogens with one attached hydrogen (secondary N) is 1. The molecule has 0 fully saturated rings. The third-order valence-corrected chi connectivity index (χ3v) is 7.61. The summed E-state index contributed by atoms with van der Waals surface area (Å²) in [5.41, 5.74) is 3.51. The van der Waals surface area contributed by atoms with Crippen LogP contribution in [0.4, 0.5) is 11.4 Å². The van der Waals surface area contributed by atoms with Gasteiger partial charge in [-0.3, -0.25) is 14.9 Å². The maximum Gasteiger partial charge on any atom is 0.283 e. The first-order chi connectivity index (χ1) is 17.8. The normalized spacial score (nSPS) is 11.2. The summed E-state index contributed by atoms with van der Waals surface area (Å²) < 4.78 is 7.11. The molecule has 0 aliphatic heterocycles. The molecule has 3 aromatic carbocycles. The third-order valence-electron chi connectivity index (χ3n) is 5.47. The molecule has 4 aromatic rings. The van der Waals surface area contributed by atoms with E-state index < -0.39 is 10.8 Å². The second kappa shape index (κ2) is 11.2. The number of carbonyl (C=O) groups excluding carboxylic acids is 1. The minimum absolute atomic E-state index is 0.139. The molecule has 1 amide bonds. The van der Waals surface area contributed by atoms with Crippen molar-refractivity contribution in [3.8, 4) is 11.8 Å². The Kier molecular flexibility index (Phi) is 7.86. The van der Waals surface area contributed by atoms with Crippen molar-refractivity contribution in [1.29, 1.82) is 5.26 Å². The van der Waals surface area contributed by atoms with Crippen molar-refractivity contribution in [3.63, 3.8) is 0 Å². The van der Waals surface area contributed by atoms with Gasteiger partial charge in [0.2, 0.25) is 0 Å². The van der Waals surface area contributed by atoms with Gasteiger partial charge in [0.15, 0.2) is 4.34 Å². The van der Waals surface area contributed by atoms with Gasteiger partial charge in [-0.1, -0.05) is 23.9 Å². The first kappa shape index (κ1) is 25.9. The number of hydrogen-bond donors (Lipinski definition) is 1. The number of thiazole rings is 1. The predicted molar refractivity (Wildman–Crippen MR) is 146 cm³/mol. The fourth-order valence-corrected chi connectivity index (χ4v) is 5.60. The highest BCUT2D eigenvalue weighted by molar-refractivity contribution is 8.01. The number of nitro benzene ring substituents is 1. The van der Waals surface area contributed by atoms with E-state index in [1.807, 2.05) is 57.2 Å². The lowest BCUT2D eigenvalue weighted by molar-refractivity contribution is -0.387. The number of aryl methyl sites for hydroxylation is 2. The zero-order valence-corrected chi connectivity index (χ0v) is 21.9. The Labute approximate surface area is 221 Å². The van der Waals surface area contributed by atoms with Gasteiger partial charge < -0.3 is 10.1 Å². The van der Waals surface area contributed by atoms with Crippen LogP contribution in [0.5, 0.6) is 5.75 Å². The number of ether oxygens (including phenoxy) is 1. The van der Waals surface area contributed by atoms with Gasteiger partial charge >= 0.3 is 0 Å². The molecule has 0 saturated carbocycles. The number of aromatic nitrogens is 1. The fraction of sp³-hybridized carbons (Fsp3) is 0.148. The minimum Gasteiger partial charge on any atom is -0.494 e. The van der Waals surface area contributed by atoms with Crippen molar-refractivity contribution in [2.24, 2.45) is 0 Å². The lowest BCUT2D eigenvalue weighted by atomic mass is 10.1. The summed E-state index contributed by atoms with van der Waals surface area (Å²) in [5, 5.41) is 24.1. The lowest BCUT2D eigenvalue weighted by Gasteiger charge is -2.07. The van der Waals surface area contributed by atoms with Crippen LogP contribution in [0, 0.1) is 35.3 Å². The number of nitrogens with zero attached hydrogens (tertiary/aromatic N) is 3. The van der Waals surface area contributed by atoms with Crippen molar-refractivity contribution in [1.82, 2.24) is 4.98 Å². The first-order valence-corrected chi connectivity index (χ1v) is 12.9. The molecule has 10 heteroatoms. The van der Waals surface area contributed by atoms with Crippen LogP contribution in [0.25, 0.3) is 16.3 Å². The summed E-state index contributed by atoms with van der Waals surface area (Å²) in [4.78, 5) is 29.0. The quantitative estimate of drug-likeness (QED) is 0.114. The Bertz CT molecular complexity index is 1590. The number of nitriles is 1. The molecule has 8 nitrogen and oxygen atoms in total. The van der Waals surface area contributed by atoms with Gasteiger partial charge in [-0.25, -0.2) is 4.98 Å². The van der Waals surface area contributed by atoms with Crippen molar-refractivity contribution < 1.29 is 14.5 Å². The molecule has 4 rings (SSSR count). The third kappa shape index (κ3) is 6.14. The van der Waals surface area contributed by atoms with Crippen LogP contribution in [0.2, 0.25) is 0 Å². The van der Waals surface area contributed by atoms with E-state index in [1.165, 1.54) is 35.2 Å². The molecular formula is C27H22N4O4S2. The lowest BCUT2D eigenvalue weighted by Crippen LogP contribution is -2.13. The average molecular weight is 531 g/mol. The van der Waals surface area contributed by atoms with E-state index in [1.54, 1.807) is 18.2 Å².